The molecular weight excluding hydrogens is 282 g/mol. The summed E-state index contributed by atoms with van der Waals surface area (Å²) in [7, 11) is 0. The van der Waals surface area contributed by atoms with Gasteiger partial charge in [-0.3, -0.25) is 0 Å². The van der Waals surface area contributed by atoms with Crippen molar-refractivity contribution in [2.24, 2.45) is 0 Å². The first-order valence-corrected chi connectivity index (χ1v) is 5.95. The first-order valence-electron chi connectivity index (χ1n) is 5.95. The van der Waals surface area contributed by atoms with Crippen LogP contribution >= 0.6 is 17.0 Å². The molecule has 0 aromatic heterocycles. The van der Waals surface area contributed by atoms with Gasteiger partial charge in [0.05, 0.1) is 0 Å². The number of benzene rings is 1. The number of hydrogen-bond acceptors (Lipinski definition) is 3. The van der Waals surface area contributed by atoms with E-state index in [4.69, 9.17) is 5.11 Å². The van der Waals surface area contributed by atoms with Crippen LogP contribution in [0.2, 0.25) is 0 Å². The average molecular weight is 304 g/mol. The number of aromatic hydroxyl groups is 2. The molecule has 17 heavy (non-hydrogen) atoms. The van der Waals surface area contributed by atoms with Crippen LogP contribution in [0.15, 0.2) is 18.2 Å². The maximum absolute atomic E-state index is 9.31. The van der Waals surface area contributed by atoms with Crippen LogP contribution in [0, 0.1) is 0 Å². The fourth-order valence-corrected chi connectivity index (χ4v) is 1.61. The molecular formula is C13H22BrNO2. The summed E-state index contributed by atoms with van der Waals surface area (Å²) in [5.74, 6) is -0.0741. The number of phenols is 2. The third-order valence-electron chi connectivity index (χ3n) is 2.54. The SMILES string of the molecule is Br.CCCNCCCCc1ccc(O)c(O)c1. The van der Waals surface area contributed by atoms with E-state index in [9.17, 15) is 5.11 Å². The molecule has 0 bridgehead atoms. The lowest BCUT2D eigenvalue weighted by Crippen LogP contribution is -2.15. The van der Waals surface area contributed by atoms with Crippen LogP contribution in [0.25, 0.3) is 0 Å². The zero-order chi connectivity index (χ0) is 11.8. The molecule has 0 fully saturated rings. The minimum Gasteiger partial charge on any atom is -0.504 e. The lowest BCUT2D eigenvalue weighted by molar-refractivity contribution is 0.403. The normalized spacial score (nSPS) is 9.94. The molecule has 0 radical (unpaired) electrons. The van der Waals surface area contributed by atoms with Crippen LogP contribution in [0.3, 0.4) is 0 Å². The number of hydrogen-bond donors (Lipinski definition) is 3. The summed E-state index contributed by atoms with van der Waals surface area (Å²) in [5.41, 5.74) is 1.07. The molecule has 1 rings (SSSR count). The van der Waals surface area contributed by atoms with Crippen molar-refractivity contribution in [3.8, 4) is 11.5 Å². The highest BCUT2D eigenvalue weighted by molar-refractivity contribution is 8.93. The quantitative estimate of drug-likeness (QED) is 0.536. The highest BCUT2D eigenvalue weighted by Gasteiger charge is 2.00. The Bertz CT molecular complexity index is 318. The molecule has 0 atom stereocenters. The number of halogens is 1. The standard InChI is InChI=1S/C13H21NO2.BrH/c1-2-8-14-9-4-3-5-11-6-7-12(15)13(16)10-11;/h6-7,10,14-16H,2-5,8-9H2,1H3;1H. The molecule has 0 unspecified atom stereocenters. The first kappa shape index (κ1) is 16.3. The number of nitrogens with one attached hydrogen (secondary N) is 1. The minimum atomic E-state index is -0.0478. The van der Waals surface area contributed by atoms with Gasteiger partial charge in [0.2, 0.25) is 0 Å². The van der Waals surface area contributed by atoms with Gasteiger partial charge in [-0.15, -0.1) is 17.0 Å². The van der Waals surface area contributed by atoms with Crippen molar-refractivity contribution in [1.82, 2.24) is 5.32 Å². The number of aryl methyl sites for hydroxylation is 1. The Morgan fingerprint density at radius 3 is 2.47 bits per heavy atom. The van der Waals surface area contributed by atoms with Gasteiger partial charge in [0.25, 0.3) is 0 Å². The van der Waals surface area contributed by atoms with Gasteiger partial charge in [-0.1, -0.05) is 13.0 Å². The van der Waals surface area contributed by atoms with E-state index in [-0.39, 0.29) is 28.5 Å². The van der Waals surface area contributed by atoms with Gasteiger partial charge in [-0.25, -0.2) is 0 Å². The molecule has 0 aliphatic rings. The van der Waals surface area contributed by atoms with Gasteiger partial charge in [-0.2, -0.15) is 0 Å². The van der Waals surface area contributed by atoms with Crippen LogP contribution in [0.4, 0.5) is 0 Å². The zero-order valence-electron chi connectivity index (χ0n) is 10.3. The summed E-state index contributed by atoms with van der Waals surface area (Å²) >= 11 is 0. The average Bonchev–Trinajstić information content (AvgIpc) is 2.28. The van der Waals surface area contributed by atoms with Crippen molar-refractivity contribution in [1.29, 1.82) is 0 Å². The maximum Gasteiger partial charge on any atom is 0.157 e. The summed E-state index contributed by atoms with van der Waals surface area (Å²) in [6.45, 7) is 4.30. The molecule has 0 aliphatic heterocycles. The number of phenolic OH excluding ortho intramolecular Hbond substituents is 2. The van der Waals surface area contributed by atoms with Crippen molar-refractivity contribution in [3.05, 3.63) is 23.8 Å². The zero-order valence-corrected chi connectivity index (χ0v) is 12.0. The molecule has 0 saturated heterocycles. The molecule has 0 aliphatic carbocycles. The predicted molar refractivity (Wildman–Crippen MR) is 76.2 cm³/mol. The lowest BCUT2D eigenvalue weighted by Gasteiger charge is -2.04. The van der Waals surface area contributed by atoms with E-state index in [1.807, 2.05) is 6.07 Å². The second-order valence-electron chi connectivity index (χ2n) is 4.03. The highest BCUT2D eigenvalue weighted by Crippen LogP contribution is 2.25. The Hall–Kier alpha value is -0.740. The maximum atomic E-state index is 9.31. The van der Waals surface area contributed by atoms with E-state index < -0.39 is 0 Å². The third kappa shape index (κ3) is 6.54. The topological polar surface area (TPSA) is 52.5 Å². The fraction of sp³-hybridized carbons (Fsp3) is 0.538. The molecule has 1 aromatic carbocycles. The van der Waals surface area contributed by atoms with Crippen LogP contribution in [-0.4, -0.2) is 23.3 Å². The van der Waals surface area contributed by atoms with E-state index in [0.29, 0.717) is 0 Å². The van der Waals surface area contributed by atoms with Crippen LogP contribution in [0.5, 0.6) is 11.5 Å². The summed E-state index contributed by atoms with van der Waals surface area (Å²) in [5, 5.41) is 21.8. The number of rotatable bonds is 7. The predicted octanol–water partition coefficient (Wildman–Crippen LogP) is 3.00. The molecule has 0 amide bonds. The Labute approximate surface area is 114 Å². The van der Waals surface area contributed by atoms with Crippen LogP contribution in [0.1, 0.15) is 31.7 Å². The van der Waals surface area contributed by atoms with E-state index >= 15 is 0 Å². The molecule has 3 nitrogen and oxygen atoms in total. The van der Waals surface area contributed by atoms with E-state index in [2.05, 4.69) is 12.2 Å². The van der Waals surface area contributed by atoms with Crippen molar-refractivity contribution >= 4 is 17.0 Å². The van der Waals surface area contributed by atoms with Gasteiger partial charge < -0.3 is 15.5 Å². The molecule has 4 heteroatoms. The van der Waals surface area contributed by atoms with Gasteiger partial charge in [0.1, 0.15) is 0 Å². The molecule has 98 valence electrons. The second kappa shape index (κ2) is 9.31. The summed E-state index contributed by atoms with van der Waals surface area (Å²) in [6, 6.07) is 5.03. The summed E-state index contributed by atoms with van der Waals surface area (Å²) < 4.78 is 0. The van der Waals surface area contributed by atoms with Gasteiger partial charge in [-0.05, 0) is 56.5 Å². The summed E-state index contributed by atoms with van der Waals surface area (Å²) in [4.78, 5) is 0. The molecule has 1 aromatic rings. The molecule has 3 N–H and O–H groups in total. The van der Waals surface area contributed by atoms with Gasteiger partial charge >= 0.3 is 0 Å². The highest BCUT2D eigenvalue weighted by atomic mass is 79.9. The van der Waals surface area contributed by atoms with Crippen molar-refractivity contribution < 1.29 is 10.2 Å². The minimum absolute atomic E-state index is 0. The number of unbranched alkanes of at least 4 members (excludes halogenated alkanes) is 1. The largest absolute Gasteiger partial charge is 0.504 e. The monoisotopic (exact) mass is 303 g/mol. The lowest BCUT2D eigenvalue weighted by atomic mass is 10.1. The van der Waals surface area contributed by atoms with E-state index in [1.54, 1.807) is 12.1 Å². The Balaban J connectivity index is 0.00000256. The molecule has 0 saturated carbocycles. The second-order valence-corrected chi connectivity index (χ2v) is 4.03. The van der Waals surface area contributed by atoms with Crippen molar-refractivity contribution in [2.45, 2.75) is 32.6 Å². The molecule has 0 spiro atoms. The van der Waals surface area contributed by atoms with Crippen LogP contribution < -0.4 is 5.32 Å². The Morgan fingerprint density at radius 2 is 1.82 bits per heavy atom. The van der Waals surface area contributed by atoms with Crippen molar-refractivity contribution in [2.75, 3.05) is 13.1 Å². The Morgan fingerprint density at radius 1 is 1.06 bits per heavy atom. The van der Waals surface area contributed by atoms with Gasteiger partial charge in [0, 0.05) is 0 Å². The van der Waals surface area contributed by atoms with Crippen molar-refractivity contribution in [3.63, 3.8) is 0 Å². The first-order chi connectivity index (χ1) is 7.74. The Kier molecular flexibility index (Phi) is 8.90. The van der Waals surface area contributed by atoms with E-state index in [0.717, 1.165) is 37.9 Å². The third-order valence-corrected chi connectivity index (χ3v) is 2.54. The molecule has 0 heterocycles. The van der Waals surface area contributed by atoms with Gasteiger partial charge in [0.15, 0.2) is 11.5 Å². The smallest absolute Gasteiger partial charge is 0.157 e. The summed E-state index contributed by atoms with van der Waals surface area (Å²) in [6.07, 6.45) is 4.36. The van der Waals surface area contributed by atoms with Crippen LogP contribution in [-0.2, 0) is 6.42 Å². The fourth-order valence-electron chi connectivity index (χ4n) is 1.61. The van der Waals surface area contributed by atoms with E-state index in [1.165, 1.54) is 6.42 Å².